The molecule has 44 valence electrons. The van der Waals surface area contributed by atoms with Crippen LogP contribution in [0.1, 0.15) is 0 Å². The van der Waals surface area contributed by atoms with Crippen LogP contribution in [-0.2, 0) is 0 Å². The first-order valence-corrected chi connectivity index (χ1v) is 3.12. The second-order valence-corrected chi connectivity index (χ2v) is 2.18. The summed E-state index contributed by atoms with van der Waals surface area (Å²) in [7, 11) is 0. The topological polar surface area (TPSA) is 17.2 Å². The van der Waals surface area contributed by atoms with Crippen LogP contribution in [0, 0.1) is 6.57 Å². The van der Waals surface area contributed by atoms with Gasteiger partial charge in [-0.1, -0.05) is 12.1 Å². The van der Waals surface area contributed by atoms with Gasteiger partial charge in [-0.3, -0.25) is 4.98 Å². The standard InChI is InChI=1S/C6H3BrN2/c1-8-5-3-2-4-9-6(5)7/h2-4H. The summed E-state index contributed by atoms with van der Waals surface area (Å²) >= 11 is 3.13. The predicted octanol–water partition coefficient (Wildman–Crippen LogP) is 2.39. The van der Waals surface area contributed by atoms with Crippen molar-refractivity contribution in [2.75, 3.05) is 0 Å². The highest BCUT2D eigenvalue weighted by Crippen LogP contribution is 2.20. The fraction of sp³-hybridized carbons (Fsp3) is 0. The van der Waals surface area contributed by atoms with Crippen LogP contribution >= 0.6 is 15.9 Å². The summed E-state index contributed by atoms with van der Waals surface area (Å²) in [4.78, 5) is 7.06. The molecule has 0 unspecified atom stereocenters. The number of halogens is 1. The van der Waals surface area contributed by atoms with Gasteiger partial charge in [0.15, 0.2) is 0 Å². The third kappa shape index (κ3) is 1.27. The Morgan fingerprint density at radius 2 is 2.44 bits per heavy atom. The smallest absolute Gasteiger partial charge is 0.219 e. The lowest BCUT2D eigenvalue weighted by molar-refractivity contribution is 1.29. The van der Waals surface area contributed by atoms with E-state index in [2.05, 4.69) is 25.8 Å². The lowest BCUT2D eigenvalue weighted by atomic mass is 10.4. The minimum absolute atomic E-state index is 0.553. The molecule has 2 nitrogen and oxygen atoms in total. The number of rotatable bonds is 0. The molecule has 0 fully saturated rings. The number of hydrogen-bond donors (Lipinski definition) is 0. The van der Waals surface area contributed by atoms with Crippen molar-refractivity contribution in [2.24, 2.45) is 0 Å². The Morgan fingerprint density at radius 1 is 1.67 bits per heavy atom. The fourth-order valence-corrected chi connectivity index (χ4v) is 0.800. The minimum Gasteiger partial charge on any atom is -0.261 e. The molecule has 3 heteroatoms. The van der Waals surface area contributed by atoms with E-state index in [9.17, 15) is 0 Å². The largest absolute Gasteiger partial charge is 0.261 e. The predicted molar refractivity (Wildman–Crippen MR) is 38.2 cm³/mol. The van der Waals surface area contributed by atoms with Gasteiger partial charge in [0.2, 0.25) is 5.69 Å². The van der Waals surface area contributed by atoms with Crippen molar-refractivity contribution in [2.45, 2.75) is 0 Å². The van der Waals surface area contributed by atoms with Crippen molar-refractivity contribution in [3.8, 4) is 0 Å². The average Bonchev–Trinajstić information content (AvgIpc) is 1.89. The first-order chi connectivity index (χ1) is 4.34. The van der Waals surface area contributed by atoms with Gasteiger partial charge in [-0.2, -0.15) is 0 Å². The molecule has 0 aliphatic heterocycles. The zero-order valence-corrected chi connectivity index (χ0v) is 6.09. The zero-order chi connectivity index (χ0) is 6.69. The molecular formula is C6H3BrN2. The van der Waals surface area contributed by atoms with E-state index in [0.717, 1.165) is 0 Å². The lowest BCUT2D eigenvalue weighted by Crippen LogP contribution is -1.70. The lowest BCUT2D eigenvalue weighted by Gasteiger charge is -1.88. The summed E-state index contributed by atoms with van der Waals surface area (Å²) in [6.07, 6.45) is 1.64. The highest BCUT2D eigenvalue weighted by Gasteiger charge is 1.94. The monoisotopic (exact) mass is 182 g/mol. The molecule has 1 heterocycles. The molecule has 1 aromatic rings. The number of aromatic nitrogens is 1. The molecule has 0 aliphatic rings. The fourth-order valence-electron chi connectivity index (χ4n) is 0.461. The van der Waals surface area contributed by atoms with Crippen molar-refractivity contribution in [3.63, 3.8) is 0 Å². The average molecular weight is 183 g/mol. The summed E-state index contributed by atoms with van der Waals surface area (Å²) in [5.74, 6) is 0. The second kappa shape index (κ2) is 2.60. The van der Waals surface area contributed by atoms with Crippen LogP contribution in [0.25, 0.3) is 4.85 Å². The van der Waals surface area contributed by atoms with E-state index in [0.29, 0.717) is 10.3 Å². The Balaban J connectivity index is 3.20. The van der Waals surface area contributed by atoms with Gasteiger partial charge in [0.25, 0.3) is 0 Å². The SMILES string of the molecule is [C-]#[N+]c1cccnc1Br. The first-order valence-electron chi connectivity index (χ1n) is 2.32. The molecule has 0 bridgehead atoms. The van der Waals surface area contributed by atoms with Crippen LogP contribution in [-0.4, -0.2) is 4.98 Å². The summed E-state index contributed by atoms with van der Waals surface area (Å²) in [6, 6.07) is 3.45. The van der Waals surface area contributed by atoms with Gasteiger partial charge in [-0.25, -0.2) is 4.85 Å². The maximum absolute atomic E-state index is 6.64. The van der Waals surface area contributed by atoms with Crippen molar-refractivity contribution < 1.29 is 0 Å². The maximum Gasteiger partial charge on any atom is 0.219 e. The molecule has 0 radical (unpaired) electrons. The van der Waals surface area contributed by atoms with E-state index in [-0.39, 0.29) is 0 Å². The van der Waals surface area contributed by atoms with Crippen LogP contribution in [0.5, 0.6) is 0 Å². The molecule has 0 amide bonds. The van der Waals surface area contributed by atoms with Crippen molar-refractivity contribution in [1.29, 1.82) is 0 Å². The summed E-state index contributed by atoms with van der Waals surface area (Å²) in [5, 5.41) is 0. The molecule has 0 spiro atoms. The molecule has 1 rings (SSSR count). The summed E-state index contributed by atoms with van der Waals surface area (Å²) in [6.45, 7) is 6.64. The Kier molecular flexibility index (Phi) is 1.81. The van der Waals surface area contributed by atoms with Gasteiger partial charge in [0, 0.05) is 6.20 Å². The van der Waals surface area contributed by atoms with Crippen LogP contribution in [0.4, 0.5) is 5.69 Å². The zero-order valence-electron chi connectivity index (χ0n) is 4.50. The molecule has 0 saturated carbocycles. The Morgan fingerprint density at radius 3 is 2.89 bits per heavy atom. The number of hydrogen-bond acceptors (Lipinski definition) is 1. The van der Waals surface area contributed by atoms with Gasteiger partial charge in [0.1, 0.15) is 4.60 Å². The van der Waals surface area contributed by atoms with Crippen LogP contribution in [0.15, 0.2) is 22.9 Å². The second-order valence-electron chi connectivity index (χ2n) is 1.43. The Labute approximate surface area is 61.5 Å². The quantitative estimate of drug-likeness (QED) is 0.445. The number of pyridine rings is 1. The highest BCUT2D eigenvalue weighted by atomic mass is 79.9. The first kappa shape index (κ1) is 6.24. The van der Waals surface area contributed by atoms with E-state index in [1.807, 2.05) is 0 Å². The van der Waals surface area contributed by atoms with Gasteiger partial charge in [-0.05, 0) is 15.9 Å². The highest BCUT2D eigenvalue weighted by molar-refractivity contribution is 9.10. The third-order valence-electron chi connectivity index (χ3n) is 0.860. The molecule has 0 N–H and O–H groups in total. The molecule has 0 saturated heterocycles. The molecule has 9 heavy (non-hydrogen) atoms. The Hall–Kier alpha value is -0.880. The van der Waals surface area contributed by atoms with Gasteiger partial charge in [-0.15, -0.1) is 0 Å². The van der Waals surface area contributed by atoms with Crippen molar-refractivity contribution in [3.05, 3.63) is 34.3 Å². The van der Waals surface area contributed by atoms with Gasteiger partial charge < -0.3 is 0 Å². The van der Waals surface area contributed by atoms with Crippen LogP contribution in [0.3, 0.4) is 0 Å². The molecule has 1 aromatic heterocycles. The summed E-state index contributed by atoms with van der Waals surface area (Å²) < 4.78 is 0.611. The van der Waals surface area contributed by atoms with E-state index in [1.165, 1.54) is 0 Å². The van der Waals surface area contributed by atoms with Crippen molar-refractivity contribution in [1.82, 2.24) is 4.98 Å². The molecule has 0 aromatic carbocycles. The van der Waals surface area contributed by atoms with E-state index in [1.54, 1.807) is 18.3 Å². The summed E-state index contributed by atoms with van der Waals surface area (Å²) in [5.41, 5.74) is 0.553. The third-order valence-corrected chi connectivity index (χ3v) is 1.47. The Bertz CT molecular complexity index is 251. The molecule has 0 atom stereocenters. The maximum atomic E-state index is 6.64. The van der Waals surface area contributed by atoms with E-state index >= 15 is 0 Å². The van der Waals surface area contributed by atoms with Crippen LogP contribution in [0.2, 0.25) is 0 Å². The van der Waals surface area contributed by atoms with Crippen molar-refractivity contribution >= 4 is 21.6 Å². The van der Waals surface area contributed by atoms with Gasteiger partial charge in [0.05, 0.1) is 6.57 Å². The number of nitrogens with zero attached hydrogens (tertiary/aromatic N) is 2. The normalized spacial score (nSPS) is 8.44. The van der Waals surface area contributed by atoms with E-state index in [4.69, 9.17) is 6.57 Å². The van der Waals surface area contributed by atoms with Crippen LogP contribution < -0.4 is 0 Å². The van der Waals surface area contributed by atoms with E-state index < -0.39 is 0 Å². The van der Waals surface area contributed by atoms with Gasteiger partial charge >= 0.3 is 0 Å². The molecule has 0 aliphatic carbocycles. The molecular weight excluding hydrogens is 180 g/mol. The minimum atomic E-state index is 0.553.